The van der Waals surface area contributed by atoms with E-state index in [9.17, 15) is 4.79 Å². The number of benzene rings is 1. The van der Waals surface area contributed by atoms with Gasteiger partial charge in [-0.2, -0.15) is 5.10 Å². The van der Waals surface area contributed by atoms with Crippen LogP contribution in [0.1, 0.15) is 25.8 Å². The molecule has 136 valence electrons. The summed E-state index contributed by atoms with van der Waals surface area (Å²) in [5.74, 6) is 1.72. The van der Waals surface area contributed by atoms with Crippen molar-refractivity contribution in [2.45, 2.75) is 33.2 Å². The van der Waals surface area contributed by atoms with Gasteiger partial charge in [0.25, 0.3) is 5.56 Å². The number of rotatable bonds is 9. The van der Waals surface area contributed by atoms with E-state index >= 15 is 0 Å². The Hall–Kier alpha value is -2.02. The first-order chi connectivity index (χ1) is 12.1. The highest BCUT2D eigenvalue weighted by Gasteiger charge is 2.08. The SMILES string of the molecule is CCc1cc(OC)ccc1OCCCNc1cnn(CC)c(=O)c1Br. The van der Waals surface area contributed by atoms with Gasteiger partial charge in [-0.25, -0.2) is 4.68 Å². The van der Waals surface area contributed by atoms with Gasteiger partial charge in [-0.15, -0.1) is 0 Å². The molecule has 0 bridgehead atoms. The first kappa shape index (κ1) is 19.3. The van der Waals surface area contributed by atoms with Crippen LogP contribution in [0.3, 0.4) is 0 Å². The predicted octanol–water partition coefficient (Wildman–Crippen LogP) is 3.48. The van der Waals surface area contributed by atoms with Crippen molar-refractivity contribution in [1.82, 2.24) is 9.78 Å². The molecule has 1 aromatic heterocycles. The molecule has 0 radical (unpaired) electrons. The number of hydrogen-bond donors (Lipinski definition) is 1. The van der Waals surface area contributed by atoms with Crippen molar-refractivity contribution in [2.24, 2.45) is 0 Å². The second kappa shape index (κ2) is 9.46. The van der Waals surface area contributed by atoms with Crippen LogP contribution in [0, 0.1) is 0 Å². The quantitative estimate of drug-likeness (QED) is 0.642. The molecule has 0 atom stereocenters. The molecule has 0 aliphatic heterocycles. The molecule has 7 heteroatoms. The normalized spacial score (nSPS) is 10.6. The van der Waals surface area contributed by atoms with Gasteiger partial charge in [0.2, 0.25) is 0 Å². The van der Waals surface area contributed by atoms with Crippen LogP contribution in [0.4, 0.5) is 5.69 Å². The van der Waals surface area contributed by atoms with Gasteiger partial charge >= 0.3 is 0 Å². The van der Waals surface area contributed by atoms with E-state index in [2.05, 4.69) is 33.3 Å². The van der Waals surface area contributed by atoms with Crippen molar-refractivity contribution in [3.05, 3.63) is 44.8 Å². The van der Waals surface area contributed by atoms with E-state index in [1.165, 1.54) is 4.68 Å². The minimum absolute atomic E-state index is 0.130. The fourth-order valence-electron chi connectivity index (χ4n) is 2.39. The molecule has 0 amide bonds. The van der Waals surface area contributed by atoms with Crippen molar-refractivity contribution >= 4 is 21.6 Å². The predicted molar refractivity (Wildman–Crippen MR) is 103 cm³/mol. The molecular formula is C18H24BrN3O3. The molecule has 6 nitrogen and oxygen atoms in total. The highest BCUT2D eigenvalue weighted by Crippen LogP contribution is 2.24. The third-order valence-corrected chi connectivity index (χ3v) is 4.59. The highest BCUT2D eigenvalue weighted by molar-refractivity contribution is 9.10. The molecular weight excluding hydrogens is 386 g/mol. The Morgan fingerprint density at radius 1 is 1.32 bits per heavy atom. The summed E-state index contributed by atoms with van der Waals surface area (Å²) in [7, 11) is 1.66. The molecule has 0 saturated carbocycles. The van der Waals surface area contributed by atoms with Crippen molar-refractivity contribution in [3.8, 4) is 11.5 Å². The summed E-state index contributed by atoms with van der Waals surface area (Å²) in [5.41, 5.74) is 1.70. The Balaban J connectivity index is 1.84. The minimum Gasteiger partial charge on any atom is -0.497 e. The summed E-state index contributed by atoms with van der Waals surface area (Å²) in [6.07, 6.45) is 3.35. The number of halogens is 1. The average molecular weight is 410 g/mol. The Kier molecular flexibility index (Phi) is 7.31. The van der Waals surface area contributed by atoms with Crippen LogP contribution in [-0.2, 0) is 13.0 Å². The lowest BCUT2D eigenvalue weighted by Gasteiger charge is -2.13. The van der Waals surface area contributed by atoms with Crippen molar-refractivity contribution in [2.75, 3.05) is 25.6 Å². The molecule has 0 aliphatic carbocycles. The number of hydrogen-bond acceptors (Lipinski definition) is 5. The largest absolute Gasteiger partial charge is 0.497 e. The zero-order valence-corrected chi connectivity index (χ0v) is 16.4. The number of anilines is 1. The summed E-state index contributed by atoms with van der Waals surface area (Å²) in [4.78, 5) is 12.0. The van der Waals surface area contributed by atoms with E-state index in [0.29, 0.717) is 29.9 Å². The minimum atomic E-state index is -0.130. The van der Waals surface area contributed by atoms with Crippen LogP contribution >= 0.6 is 15.9 Å². The Labute approximate surface area is 156 Å². The first-order valence-corrected chi connectivity index (χ1v) is 9.19. The molecule has 0 fully saturated rings. The van der Waals surface area contributed by atoms with Gasteiger partial charge in [0.15, 0.2) is 0 Å². The molecule has 25 heavy (non-hydrogen) atoms. The molecule has 0 unspecified atom stereocenters. The van der Waals surface area contributed by atoms with E-state index in [-0.39, 0.29) is 5.56 Å². The van der Waals surface area contributed by atoms with E-state index in [4.69, 9.17) is 9.47 Å². The first-order valence-electron chi connectivity index (χ1n) is 8.39. The second-order valence-electron chi connectivity index (χ2n) is 5.45. The Bertz CT molecular complexity index is 762. The molecule has 2 rings (SSSR count). The molecule has 2 aromatic rings. The number of ether oxygens (including phenoxy) is 2. The van der Waals surface area contributed by atoms with Crippen LogP contribution in [0.25, 0.3) is 0 Å². The van der Waals surface area contributed by atoms with Gasteiger partial charge < -0.3 is 14.8 Å². The second-order valence-corrected chi connectivity index (χ2v) is 6.24. The number of nitrogens with zero attached hydrogens (tertiary/aromatic N) is 2. The fourth-order valence-corrected chi connectivity index (χ4v) is 2.84. The van der Waals surface area contributed by atoms with Gasteiger partial charge in [0.05, 0.1) is 25.6 Å². The number of aromatic nitrogens is 2. The summed E-state index contributed by atoms with van der Waals surface area (Å²) in [6.45, 7) is 5.80. The lowest BCUT2D eigenvalue weighted by Crippen LogP contribution is -2.23. The summed E-state index contributed by atoms with van der Waals surface area (Å²) < 4.78 is 13.0. The lowest BCUT2D eigenvalue weighted by atomic mass is 10.1. The molecule has 1 aromatic carbocycles. The van der Waals surface area contributed by atoms with E-state index in [1.807, 2.05) is 25.1 Å². The van der Waals surface area contributed by atoms with Crippen LogP contribution in [0.15, 0.2) is 33.7 Å². The lowest BCUT2D eigenvalue weighted by molar-refractivity contribution is 0.311. The molecule has 1 N–H and O–H groups in total. The van der Waals surface area contributed by atoms with E-state index in [0.717, 1.165) is 29.9 Å². The van der Waals surface area contributed by atoms with Crippen LogP contribution in [-0.4, -0.2) is 30.0 Å². The van der Waals surface area contributed by atoms with Crippen molar-refractivity contribution in [3.63, 3.8) is 0 Å². The molecule has 0 saturated heterocycles. The van der Waals surface area contributed by atoms with Gasteiger partial charge in [0.1, 0.15) is 16.0 Å². The molecule has 0 spiro atoms. The molecule has 0 aliphatic rings. The van der Waals surface area contributed by atoms with Gasteiger partial charge in [0, 0.05) is 13.1 Å². The van der Waals surface area contributed by atoms with Crippen LogP contribution < -0.4 is 20.3 Å². The smallest absolute Gasteiger partial charge is 0.283 e. The van der Waals surface area contributed by atoms with Gasteiger partial charge in [-0.05, 0) is 59.5 Å². The van der Waals surface area contributed by atoms with Crippen LogP contribution in [0.2, 0.25) is 0 Å². The number of methoxy groups -OCH3 is 1. The molecule has 1 heterocycles. The highest BCUT2D eigenvalue weighted by atomic mass is 79.9. The Morgan fingerprint density at radius 3 is 2.80 bits per heavy atom. The number of nitrogens with one attached hydrogen (secondary N) is 1. The third-order valence-electron chi connectivity index (χ3n) is 3.83. The maximum absolute atomic E-state index is 12.0. The standard InChI is InChI=1S/C18H24BrN3O3/c1-4-13-11-14(24-3)7-8-16(13)25-10-6-9-20-15-12-21-22(5-2)18(23)17(15)19/h7-8,11-12,20H,4-6,9-10H2,1-3H3. The maximum Gasteiger partial charge on any atom is 0.283 e. The Morgan fingerprint density at radius 2 is 2.12 bits per heavy atom. The van der Waals surface area contributed by atoms with Crippen molar-refractivity contribution in [1.29, 1.82) is 0 Å². The number of aryl methyl sites for hydroxylation is 2. The fraction of sp³-hybridized carbons (Fsp3) is 0.444. The summed E-state index contributed by atoms with van der Waals surface area (Å²) >= 11 is 3.33. The van der Waals surface area contributed by atoms with Crippen LogP contribution in [0.5, 0.6) is 11.5 Å². The van der Waals surface area contributed by atoms with Crippen molar-refractivity contribution < 1.29 is 9.47 Å². The zero-order chi connectivity index (χ0) is 18.2. The van der Waals surface area contributed by atoms with Gasteiger partial charge in [-0.3, -0.25) is 4.79 Å². The third kappa shape index (κ3) is 4.98. The van der Waals surface area contributed by atoms with Gasteiger partial charge in [-0.1, -0.05) is 6.92 Å². The zero-order valence-electron chi connectivity index (χ0n) is 14.8. The maximum atomic E-state index is 12.0. The topological polar surface area (TPSA) is 65.4 Å². The summed E-state index contributed by atoms with van der Waals surface area (Å²) in [5, 5.41) is 7.33. The van der Waals surface area contributed by atoms with E-state index in [1.54, 1.807) is 13.3 Å². The summed E-state index contributed by atoms with van der Waals surface area (Å²) in [6, 6.07) is 5.84. The van der Waals surface area contributed by atoms with E-state index < -0.39 is 0 Å². The average Bonchev–Trinajstić information content (AvgIpc) is 2.64. The monoisotopic (exact) mass is 409 g/mol.